The van der Waals surface area contributed by atoms with Crippen LogP contribution in [0.4, 0.5) is 0 Å². The molecule has 1 aromatic carbocycles. The van der Waals surface area contributed by atoms with Crippen LogP contribution in [-0.2, 0) is 6.61 Å². The predicted octanol–water partition coefficient (Wildman–Crippen LogP) is 3.61. The molecule has 1 aromatic heterocycles. The van der Waals surface area contributed by atoms with E-state index in [0.717, 1.165) is 16.8 Å². The number of hydrogen-bond donors (Lipinski definition) is 0. The van der Waals surface area contributed by atoms with Crippen LogP contribution < -0.4 is 4.74 Å². The highest BCUT2D eigenvalue weighted by atomic mass is 16.5. The smallest absolute Gasteiger partial charge is 0.213 e. The first-order chi connectivity index (χ1) is 8.29. The summed E-state index contributed by atoms with van der Waals surface area (Å²) in [6.07, 6.45) is 1.79. The van der Waals surface area contributed by atoms with Crippen molar-refractivity contribution in [2.45, 2.75) is 13.5 Å². The molecule has 0 spiro atoms. The van der Waals surface area contributed by atoms with E-state index >= 15 is 0 Å². The van der Waals surface area contributed by atoms with E-state index in [0.29, 0.717) is 12.5 Å². The maximum Gasteiger partial charge on any atom is 0.213 e. The van der Waals surface area contributed by atoms with Crippen molar-refractivity contribution in [2.24, 2.45) is 0 Å². The largest absolute Gasteiger partial charge is 0.473 e. The molecule has 0 radical (unpaired) electrons. The second-order valence-corrected chi connectivity index (χ2v) is 3.80. The highest BCUT2D eigenvalue weighted by Gasteiger charge is 2.00. The number of nitrogens with zero attached hydrogens (tertiary/aromatic N) is 1. The summed E-state index contributed by atoms with van der Waals surface area (Å²) in [6.45, 7) is 6.23. The lowest BCUT2D eigenvalue weighted by Gasteiger charge is -2.07. The minimum atomic E-state index is 0.542. The average molecular weight is 225 g/mol. The van der Waals surface area contributed by atoms with E-state index in [1.54, 1.807) is 6.08 Å². The topological polar surface area (TPSA) is 22.1 Å². The van der Waals surface area contributed by atoms with Crippen molar-refractivity contribution in [3.63, 3.8) is 0 Å². The molecular formula is C15H15NO. The summed E-state index contributed by atoms with van der Waals surface area (Å²) < 4.78 is 5.63. The second-order valence-electron chi connectivity index (χ2n) is 3.80. The molecule has 86 valence electrons. The molecule has 2 heteroatoms. The molecule has 0 fully saturated rings. The Bertz CT molecular complexity index is 506. The summed E-state index contributed by atoms with van der Waals surface area (Å²) in [7, 11) is 0. The third-order valence-electron chi connectivity index (χ3n) is 2.55. The Kier molecular flexibility index (Phi) is 3.55. The van der Waals surface area contributed by atoms with E-state index < -0.39 is 0 Å². The van der Waals surface area contributed by atoms with E-state index in [2.05, 4.69) is 11.6 Å². The summed E-state index contributed by atoms with van der Waals surface area (Å²) in [6, 6.07) is 13.9. The Morgan fingerprint density at radius 3 is 2.59 bits per heavy atom. The van der Waals surface area contributed by atoms with Gasteiger partial charge < -0.3 is 4.74 Å². The van der Waals surface area contributed by atoms with Gasteiger partial charge in [0.2, 0.25) is 5.88 Å². The van der Waals surface area contributed by atoms with Gasteiger partial charge in [0.1, 0.15) is 6.61 Å². The van der Waals surface area contributed by atoms with Crippen LogP contribution in [0.5, 0.6) is 5.88 Å². The van der Waals surface area contributed by atoms with Crippen LogP contribution >= 0.6 is 0 Å². The maximum atomic E-state index is 5.63. The Morgan fingerprint density at radius 1 is 1.18 bits per heavy atom. The van der Waals surface area contributed by atoms with Gasteiger partial charge in [0.05, 0.1) is 0 Å². The van der Waals surface area contributed by atoms with Crippen molar-refractivity contribution in [2.75, 3.05) is 0 Å². The fourth-order valence-electron chi connectivity index (χ4n) is 1.58. The van der Waals surface area contributed by atoms with Gasteiger partial charge in [-0.3, -0.25) is 0 Å². The first-order valence-electron chi connectivity index (χ1n) is 5.56. The fraction of sp³-hybridized carbons (Fsp3) is 0.133. The summed E-state index contributed by atoms with van der Waals surface area (Å²) >= 11 is 0. The molecule has 17 heavy (non-hydrogen) atoms. The molecule has 0 aliphatic carbocycles. The molecule has 0 amide bonds. The van der Waals surface area contributed by atoms with E-state index in [4.69, 9.17) is 4.74 Å². The van der Waals surface area contributed by atoms with Gasteiger partial charge in [0, 0.05) is 11.8 Å². The molecule has 0 atom stereocenters. The minimum Gasteiger partial charge on any atom is -0.473 e. The fourth-order valence-corrected chi connectivity index (χ4v) is 1.58. The average Bonchev–Trinajstić information content (AvgIpc) is 2.38. The van der Waals surface area contributed by atoms with E-state index in [9.17, 15) is 0 Å². The number of aromatic nitrogens is 1. The summed E-state index contributed by atoms with van der Waals surface area (Å²) in [5, 5.41) is 0. The van der Waals surface area contributed by atoms with E-state index in [-0.39, 0.29) is 0 Å². The number of aryl methyl sites for hydroxylation is 1. The van der Waals surface area contributed by atoms with Crippen LogP contribution in [0.15, 0.2) is 49.0 Å². The van der Waals surface area contributed by atoms with Gasteiger partial charge in [-0.2, -0.15) is 0 Å². The predicted molar refractivity (Wildman–Crippen MR) is 69.8 cm³/mol. The van der Waals surface area contributed by atoms with Gasteiger partial charge in [0.25, 0.3) is 0 Å². The monoisotopic (exact) mass is 225 g/mol. The highest BCUT2D eigenvalue weighted by molar-refractivity contribution is 5.49. The van der Waals surface area contributed by atoms with Crippen LogP contribution in [-0.4, -0.2) is 4.98 Å². The zero-order chi connectivity index (χ0) is 12.1. The first-order valence-corrected chi connectivity index (χ1v) is 5.56. The summed E-state index contributed by atoms with van der Waals surface area (Å²) in [4.78, 5) is 4.37. The molecule has 2 aromatic rings. The van der Waals surface area contributed by atoms with Crippen LogP contribution in [0.2, 0.25) is 0 Å². The molecule has 0 aliphatic rings. The molecular weight excluding hydrogens is 210 g/mol. The lowest BCUT2D eigenvalue weighted by molar-refractivity contribution is 0.293. The van der Waals surface area contributed by atoms with E-state index in [1.165, 1.54) is 0 Å². The normalized spacial score (nSPS) is 9.94. The van der Waals surface area contributed by atoms with Crippen LogP contribution in [0.1, 0.15) is 16.8 Å². The van der Waals surface area contributed by atoms with Crippen molar-refractivity contribution >= 4 is 6.08 Å². The van der Waals surface area contributed by atoms with Gasteiger partial charge in [-0.1, -0.05) is 43.0 Å². The molecule has 0 bridgehead atoms. The van der Waals surface area contributed by atoms with Gasteiger partial charge in [-0.05, 0) is 24.1 Å². The van der Waals surface area contributed by atoms with Gasteiger partial charge in [-0.25, -0.2) is 4.98 Å². The van der Waals surface area contributed by atoms with Gasteiger partial charge in [-0.15, -0.1) is 0 Å². The number of benzene rings is 1. The quantitative estimate of drug-likeness (QED) is 0.793. The molecule has 0 saturated heterocycles. The van der Waals surface area contributed by atoms with Crippen LogP contribution in [0.25, 0.3) is 6.08 Å². The second kappa shape index (κ2) is 5.30. The molecule has 0 aliphatic heterocycles. The third kappa shape index (κ3) is 2.94. The van der Waals surface area contributed by atoms with Crippen molar-refractivity contribution < 1.29 is 4.74 Å². The number of ether oxygens (including phenoxy) is 1. The zero-order valence-corrected chi connectivity index (χ0v) is 9.89. The number of rotatable bonds is 4. The zero-order valence-electron chi connectivity index (χ0n) is 9.89. The molecule has 2 rings (SSSR count). The Labute approximate surface area is 102 Å². The van der Waals surface area contributed by atoms with Gasteiger partial charge in [0.15, 0.2) is 0 Å². The molecule has 0 N–H and O–H groups in total. The van der Waals surface area contributed by atoms with E-state index in [1.807, 2.05) is 49.4 Å². The highest BCUT2D eigenvalue weighted by Crippen LogP contribution is 2.14. The third-order valence-corrected chi connectivity index (χ3v) is 2.55. The summed E-state index contributed by atoms with van der Waals surface area (Å²) in [5.74, 6) is 0.650. The number of hydrogen-bond acceptors (Lipinski definition) is 2. The lowest BCUT2D eigenvalue weighted by Crippen LogP contribution is -1.98. The van der Waals surface area contributed by atoms with Crippen LogP contribution in [0, 0.1) is 6.92 Å². The first kappa shape index (κ1) is 11.4. The molecule has 0 saturated carbocycles. The SMILES string of the molecule is C=Cc1ccc(OCc2ccccc2)nc1C. The van der Waals surface area contributed by atoms with Crippen molar-refractivity contribution in [3.8, 4) is 5.88 Å². The molecule has 0 unspecified atom stereocenters. The Balaban J connectivity index is 2.05. The molecule has 2 nitrogen and oxygen atoms in total. The van der Waals surface area contributed by atoms with Crippen molar-refractivity contribution in [1.29, 1.82) is 0 Å². The summed E-state index contributed by atoms with van der Waals surface area (Å²) in [5.41, 5.74) is 3.11. The maximum absolute atomic E-state index is 5.63. The Morgan fingerprint density at radius 2 is 1.94 bits per heavy atom. The molecule has 1 heterocycles. The standard InChI is InChI=1S/C15H15NO/c1-3-14-9-10-15(16-12(14)2)17-11-13-7-5-4-6-8-13/h3-10H,1,11H2,2H3. The van der Waals surface area contributed by atoms with Gasteiger partial charge >= 0.3 is 0 Å². The minimum absolute atomic E-state index is 0.542. The van der Waals surface area contributed by atoms with Crippen molar-refractivity contribution in [1.82, 2.24) is 4.98 Å². The Hall–Kier alpha value is -2.09. The lowest BCUT2D eigenvalue weighted by atomic mass is 10.2. The van der Waals surface area contributed by atoms with Crippen molar-refractivity contribution in [3.05, 3.63) is 65.9 Å². The van der Waals surface area contributed by atoms with Crippen LogP contribution in [0.3, 0.4) is 0 Å². The number of pyridine rings is 1.